The molecule has 2 heteroatoms. The predicted molar refractivity (Wildman–Crippen MR) is 69.6 cm³/mol. The molecule has 1 N–H and O–H groups in total. The second-order valence-electron chi connectivity index (χ2n) is 5.00. The topological polar surface area (TPSA) is 21.3 Å². The Bertz CT molecular complexity index is 243. The van der Waals surface area contributed by atoms with Gasteiger partial charge in [-0.05, 0) is 27.2 Å². The molecule has 2 nitrogen and oxygen atoms in total. The zero-order valence-corrected chi connectivity index (χ0v) is 11.0. The number of hydrogen-bond acceptors (Lipinski definition) is 2. The summed E-state index contributed by atoms with van der Waals surface area (Å²) in [6.45, 7) is 10.3. The van der Waals surface area contributed by atoms with Gasteiger partial charge < -0.3 is 10.1 Å². The molecule has 0 aromatic carbocycles. The first-order chi connectivity index (χ1) is 7.58. The summed E-state index contributed by atoms with van der Waals surface area (Å²) in [5, 5.41) is 3.56. The third-order valence-corrected chi connectivity index (χ3v) is 3.04. The lowest BCUT2D eigenvalue weighted by molar-refractivity contribution is 0.0414. The van der Waals surface area contributed by atoms with Crippen molar-refractivity contribution in [3.63, 3.8) is 0 Å². The van der Waals surface area contributed by atoms with Gasteiger partial charge in [0.15, 0.2) is 0 Å². The van der Waals surface area contributed by atoms with Crippen molar-refractivity contribution in [1.29, 1.82) is 0 Å². The van der Waals surface area contributed by atoms with Crippen molar-refractivity contribution in [2.75, 3.05) is 13.2 Å². The van der Waals surface area contributed by atoms with Crippen LogP contribution in [0.5, 0.6) is 0 Å². The van der Waals surface area contributed by atoms with Gasteiger partial charge in [-0.2, -0.15) is 0 Å². The quantitative estimate of drug-likeness (QED) is 0.716. The van der Waals surface area contributed by atoms with E-state index < -0.39 is 0 Å². The summed E-state index contributed by atoms with van der Waals surface area (Å²) in [6.07, 6.45) is 10.2. The molecule has 0 bridgehead atoms. The minimum Gasteiger partial charge on any atom is -0.378 e. The van der Waals surface area contributed by atoms with E-state index in [1.807, 2.05) is 0 Å². The van der Waals surface area contributed by atoms with E-state index in [4.69, 9.17) is 4.74 Å². The van der Waals surface area contributed by atoms with Gasteiger partial charge in [0.05, 0.1) is 12.7 Å². The molecular formula is C14H25NO. The number of nitrogens with one attached hydrogen (secondary N) is 1. The molecule has 0 aromatic heterocycles. The fraction of sp³-hybridized carbons (Fsp3) is 0.714. The van der Waals surface area contributed by atoms with Gasteiger partial charge in [0.2, 0.25) is 0 Å². The van der Waals surface area contributed by atoms with Gasteiger partial charge in [0.1, 0.15) is 0 Å². The summed E-state index contributed by atoms with van der Waals surface area (Å²) in [7, 11) is 0. The monoisotopic (exact) mass is 223 g/mol. The van der Waals surface area contributed by atoms with Crippen LogP contribution in [0, 0.1) is 5.41 Å². The normalized spacial score (nSPS) is 19.6. The van der Waals surface area contributed by atoms with Crippen molar-refractivity contribution >= 4 is 0 Å². The highest BCUT2D eigenvalue weighted by Gasteiger charge is 2.27. The average Bonchev–Trinajstić information content (AvgIpc) is 2.72. The smallest absolute Gasteiger partial charge is 0.0607 e. The molecule has 0 saturated heterocycles. The molecule has 0 aliphatic heterocycles. The van der Waals surface area contributed by atoms with Gasteiger partial charge in [0, 0.05) is 18.0 Å². The Morgan fingerprint density at radius 1 is 1.19 bits per heavy atom. The zero-order valence-electron chi connectivity index (χ0n) is 11.0. The van der Waals surface area contributed by atoms with Crippen LogP contribution in [0.25, 0.3) is 0 Å². The van der Waals surface area contributed by atoms with Gasteiger partial charge in [0.25, 0.3) is 0 Å². The first-order valence-electron chi connectivity index (χ1n) is 6.30. The summed E-state index contributed by atoms with van der Waals surface area (Å²) in [5.74, 6) is 0. The lowest BCUT2D eigenvalue weighted by Gasteiger charge is -2.28. The fourth-order valence-electron chi connectivity index (χ4n) is 1.65. The van der Waals surface area contributed by atoms with Gasteiger partial charge in [-0.25, -0.2) is 0 Å². The Morgan fingerprint density at radius 3 is 2.31 bits per heavy atom. The number of ether oxygens (including phenoxy) is 1. The first kappa shape index (κ1) is 13.5. The van der Waals surface area contributed by atoms with E-state index in [0.717, 1.165) is 19.6 Å². The van der Waals surface area contributed by atoms with Gasteiger partial charge >= 0.3 is 0 Å². The van der Waals surface area contributed by atoms with Crippen LogP contribution in [0.4, 0.5) is 0 Å². The summed E-state index contributed by atoms with van der Waals surface area (Å²) in [5.41, 5.74) is 0.0632. The molecule has 1 aliphatic rings. The van der Waals surface area contributed by atoms with Crippen molar-refractivity contribution in [1.82, 2.24) is 5.32 Å². The maximum Gasteiger partial charge on any atom is 0.0607 e. The van der Waals surface area contributed by atoms with Crippen LogP contribution in [-0.4, -0.2) is 25.3 Å². The highest BCUT2D eigenvalue weighted by molar-refractivity contribution is 5.25. The second-order valence-corrected chi connectivity index (χ2v) is 5.00. The lowest BCUT2D eigenvalue weighted by atomic mass is 9.90. The lowest BCUT2D eigenvalue weighted by Crippen LogP contribution is -2.39. The minimum absolute atomic E-state index is 0.0632. The summed E-state index contributed by atoms with van der Waals surface area (Å²) < 4.78 is 5.75. The largest absolute Gasteiger partial charge is 0.378 e. The third-order valence-electron chi connectivity index (χ3n) is 3.04. The van der Waals surface area contributed by atoms with Crippen LogP contribution in [0.2, 0.25) is 0 Å². The van der Waals surface area contributed by atoms with E-state index in [2.05, 4.69) is 57.3 Å². The average molecular weight is 223 g/mol. The molecule has 0 heterocycles. The second kappa shape index (κ2) is 6.21. The molecule has 0 radical (unpaired) electrons. The Balaban J connectivity index is 2.46. The molecule has 92 valence electrons. The Kier molecular flexibility index (Phi) is 5.23. The van der Waals surface area contributed by atoms with Crippen LogP contribution in [0.1, 0.15) is 34.1 Å². The van der Waals surface area contributed by atoms with Gasteiger partial charge in [-0.3, -0.25) is 0 Å². The van der Waals surface area contributed by atoms with Crippen molar-refractivity contribution < 1.29 is 4.74 Å². The molecule has 1 unspecified atom stereocenters. The molecule has 1 atom stereocenters. The number of allylic oxidation sites excluding steroid dienone is 2. The summed E-state index contributed by atoms with van der Waals surface area (Å²) in [4.78, 5) is 0. The molecule has 0 aromatic rings. The summed E-state index contributed by atoms with van der Waals surface area (Å²) >= 11 is 0. The third kappa shape index (κ3) is 4.11. The van der Waals surface area contributed by atoms with E-state index in [9.17, 15) is 0 Å². The zero-order chi connectivity index (χ0) is 12.0. The van der Waals surface area contributed by atoms with Gasteiger partial charge in [-0.15, -0.1) is 0 Å². The minimum atomic E-state index is 0.0632. The van der Waals surface area contributed by atoms with Crippen molar-refractivity contribution in [2.24, 2.45) is 5.41 Å². The maximum absolute atomic E-state index is 5.75. The molecule has 1 aliphatic carbocycles. The van der Waals surface area contributed by atoms with Crippen LogP contribution in [0.15, 0.2) is 24.3 Å². The number of hydrogen-bond donors (Lipinski definition) is 1. The van der Waals surface area contributed by atoms with Crippen molar-refractivity contribution in [3.05, 3.63) is 24.3 Å². The molecule has 1 rings (SSSR count). The molecule has 0 saturated carbocycles. The van der Waals surface area contributed by atoms with Crippen LogP contribution in [-0.2, 0) is 4.74 Å². The van der Waals surface area contributed by atoms with E-state index in [-0.39, 0.29) is 5.41 Å². The fourth-order valence-corrected chi connectivity index (χ4v) is 1.65. The van der Waals surface area contributed by atoms with Crippen molar-refractivity contribution in [2.45, 2.75) is 46.3 Å². The van der Waals surface area contributed by atoms with Gasteiger partial charge in [-0.1, -0.05) is 31.2 Å². The molecule has 0 amide bonds. The van der Waals surface area contributed by atoms with Crippen LogP contribution >= 0.6 is 0 Å². The van der Waals surface area contributed by atoms with E-state index in [0.29, 0.717) is 12.1 Å². The molecule has 0 fully saturated rings. The van der Waals surface area contributed by atoms with E-state index >= 15 is 0 Å². The van der Waals surface area contributed by atoms with Crippen molar-refractivity contribution in [3.8, 4) is 0 Å². The molecule has 16 heavy (non-hydrogen) atoms. The number of rotatable bonds is 7. The highest BCUT2D eigenvalue weighted by Crippen LogP contribution is 2.26. The van der Waals surface area contributed by atoms with Crippen LogP contribution < -0.4 is 5.32 Å². The SMILES string of the molecule is CCC(C)NCC1(COC(C)C)C=CC=C1. The van der Waals surface area contributed by atoms with Crippen LogP contribution in [0.3, 0.4) is 0 Å². The molecule has 0 spiro atoms. The Morgan fingerprint density at radius 2 is 1.81 bits per heavy atom. The Labute approximate surface area is 99.8 Å². The standard InChI is InChI=1S/C14H25NO/c1-5-13(4)15-10-14(8-6-7-9-14)11-16-12(2)3/h6-9,12-13,15H,5,10-11H2,1-4H3. The van der Waals surface area contributed by atoms with E-state index in [1.165, 1.54) is 0 Å². The Hall–Kier alpha value is -0.600. The van der Waals surface area contributed by atoms with E-state index in [1.54, 1.807) is 0 Å². The summed E-state index contributed by atoms with van der Waals surface area (Å²) in [6, 6.07) is 0.568. The first-order valence-corrected chi connectivity index (χ1v) is 6.30. The maximum atomic E-state index is 5.75. The highest BCUT2D eigenvalue weighted by atomic mass is 16.5. The molecular weight excluding hydrogens is 198 g/mol. The predicted octanol–water partition coefficient (Wildman–Crippen LogP) is 2.91.